The summed E-state index contributed by atoms with van der Waals surface area (Å²) in [4.78, 5) is 40.1. The van der Waals surface area contributed by atoms with Gasteiger partial charge in [-0.05, 0) is 102 Å². The predicted octanol–water partition coefficient (Wildman–Crippen LogP) is 20.9. The van der Waals surface area contributed by atoms with Crippen molar-refractivity contribution in [3.05, 3.63) is 72.9 Å². The average molecular weight is 1160 g/mol. The summed E-state index contributed by atoms with van der Waals surface area (Å²) in [6.45, 7) is 6.83. The lowest BCUT2D eigenvalue weighted by Gasteiger charge is -2.30. The number of nitrogens with zero attached hydrogens (tertiary/aromatic N) is 1. The van der Waals surface area contributed by atoms with Crippen molar-refractivity contribution in [3.8, 4) is 0 Å². The van der Waals surface area contributed by atoms with Crippen LogP contribution < -0.4 is 10.2 Å². The van der Waals surface area contributed by atoms with Crippen LogP contribution in [0, 0.1) is 0 Å². The molecule has 0 aliphatic carbocycles. The fourth-order valence-electron chi connectivity index (χ4n) is 9.80. The molecule has 0 saturated carbocycles. The van der Waals surface area contributed by atoms with E-state index >= 15 is 0 Å². The molecule has 0 aromatic rings. The van der Waals surface area contributed by atoms with E-state index in [1.165, 1.54) is 193 Å². The fourth-order valence-corrected chi connectivity index (χ4v) is 10.5. The van der Waals surface area contributed by atoms with Gasteiger partial charge in [0.2, 0.25) is 5.91 Å². The molecular weight excluding hydrogens is 1020 g/mol. The lowest BCUT2D eigenvalue weighted by molar-refractivity contribution is -0.870. The Morgan fingerprint density at radius 3 is 1.16 bits per heavy atom. The highest BCUT2D eigenvalue weighted by atomic mass is 31.2. The summed E-state index contributed by atoms with van der Waals surface area (Å²) < 4.78 is 30.4. The van der Waals surface area contributed by atoms with Crippen molar-refractivity contribution in [2.24, 2.45) is 0 Å². The van der Waals surface area contributed by atoms with Gasteiger partial charge in [-0.15, -0.1) is 0 Å². The van der Waals surface area contributed by atoms with Gasteiger partial charge in [-0.2, -0.15) is 0 Å². The van der Waals surface area contributed by atoms with Crippen LogP contribution in [0.3, 0.4) is 0 Å². The van der Waals surface area contributed by atoms with Gasteiger partial charge >= 0.3 is 5.97 Å². The summed E-state index contributed by atoms with van der Waals surface area (Å²) in [5.41, 5.74) is 0. The van der Waals surface area contributed by atoms with Gasteiger partial charge in [-0.25, -0.2) is 0 Å². The van der Waals surface area contributed by atoms with Crippen molar-refractivity contribution in [1.82, 2.24) is 5.32 Å². The van der Waals surface area contributed by atoms with Gasteiger partial charge in [0.25, 0.3) is 7.82 Å². The average Bonchev–Trinajstić information content (AvgIpc) is 3.44. The van der Waals surface area contributed by atoms with E-state index in [0.717, 1.165) is 89.9 Å². The molecule has 0 bridgehead atoms. The minimum Gasteiger partial charge on any atom is -0.756 e. The Kier molecular flexibility index (Phi) is 58.7. The van der Waals surface area contributed by atoms with Gasteiger partial charge in [0, 0.05) is 12.8 Å². The number of hydrogen-bond acceptors (Lipinski definition) is 7. The molecule has 472 valence electrons. The van der Waals surface area contributed by atoms with Crippen molar-refractivity contribution in [2.75, 3.05) is 40.9 Å². The van der Waals surface area contributed by atoms with Gasteiger partial charge in [0.05, 0.1) is 33.8 Å². The Morgan fingerprint density at radius 1 is 0.432 bits per heavy atom. The molecule has 0 rings (SSSR count). The molecule has 0 spiro atoms. The fraction of sp³-hybridized carbons (Fsp3) is 0.803. The van der Waals surface area contributed by atoms with Crippen LogP contribution in [0.5, 0.6) is 0 Å². The number of carbonyl (C=O) groups excluding carboxylic acids is 2. The molecule has 0 heterocycles. The van der Waals surface area contributed by atoms with Crippen LogP contribution in [0.25, 0.3) is 0 Å². The summed E-state index contributed by atoms with van der Waals surface area (Å²) in [5, 5.41) is 3.04. The van der Waals surface area contributed by atoms with Crippen LogP contribution >= 0.6 is 7.82 Å². The molecular formula is C71H131N2O7P. The Hall–Kier alpha value is -2.55. The molecule has 1 N–H and O–H groups in total. The van der Waals surface area contributed by atoms with Gasteiger partial charge in [0.15, 0.2) is 0 Å². The summed E-state index contributed by atoms with van der Waals surface area (Å²) in [6, 6.07) is -0.897. The monoisotopic (exact) mass is 1150 g/mol. The number of ether oxygens (including phenoxy) is 1. The summed E-state index contributed by atoms with van der Waals surface area (Å²) in [7, 11) is 1.18. The highest BCUT2D eigenvalue weighted by Gasteiger charge is 2.27. The first-order chi connectivity index (χ1) is 39.4. The topological polar surface area (TPSA) is 114 Å². The molecule has 9 nitrogen and oxygen atoms in total. The molecule has 3 unspecified atom stereocenters. The number of carbonyl (C=O) groups is 2. The van der Waals surface area contributed by atoms with E-state index in [2.05, 4.69) is 86.8 Å². The standard InChI is InChI=1S/C71H131N2O7P/c1-7-10-13-16-19-22-25-28-30-32-34-35-36-37-39-41-43-46-49-52-55-58-61-64-71(75)80-69(62-59-56-53-50-47-44-27-24-21-18-15-12-9-3)68(67-79-81(76,77)78-66-65-73(4,5)6)72-70(74)63-60-57-54-51-48-45-42-40-38-33-31-29-26-23-20-17-14-11-8-2/h19,22,28-31,34-35,37,39,59,62,68-69H,7-18,20-21,23-27,32-33,36,38,40-58,60-61,63-67H2,1-6H3,(H-,72,74,76,77)/b22-19-,30-28-,31-29+,35-34-,39-37-,62-59+. The largest absolute Gasteiger partial charge is 0.756 e. The van der Waals surface area contributed by atoms with Crippen molar-refractivity contribution in [3.63, 3.8) is 0 Å². The zero-order valence-corrected chi connectivity index (χ0v) is 54.9. The third kappa shape index (κ3) is 61.8. The normalized spacial score (nSPS) is 14.0. The number of phosphoric ester groups is 1. The maximum atomic E-state index is 13.6. The summed E-state index contributed by atoms with van der Waals surface area (Å²) in [5.74, 6) is -0.548. The number of allylic oxidation sites excluding steroid dienone is 11. The number of rotatable bonds is 62. The van der Waals surface area contributed by atoms with E-state index in [0.29, 0.717) is 17.4 Å². The van der Waals surface area contributed by atoms with Crippen molar-refractivity contribution in [2.45, 2.75) is 328 Å². The van der Waals surface area contributed by atoms with E-state index in [1.54, 1.807) is 0 Å². The molecule has 0 saturated heterocycles. The molecule has 81 heavy (non-hydrogen) atoms. The Morgan fingerprint density at radius 2 is 0.753 bits per heavy atom. The molecule has 1 amide bonds. The number of quaternary nitrogens is 1. The summed E-state index contributed by atoms with van der Waals surface area (Å²) in [6.07, 6.45) is 78.6. The van der Waals surface area contributed by atoms with E-state index in [-0.39, 0.29) is 24.9 Å². The van der Waals surface area contributed by atoms with E-state index < -0.39 is 26.6 Å². The lowest BCUT2D eigenvalue weighted by atomic mass is 10.0. The number of phosphoric acid groups is 1. The van der Waals surface area contributed by atoms with Crippen LogP contribution in [0.2, 0.25) is 0 Å². The van der Waals surface area contributed by atoms with Crippen LogP contribution in [0.1, 0.15) is 316 Å². The van der Waals surface area contributed by atoms with Gasteiger partial charge in [0.1, 0.15) is 19.3 Å². The number of hydrogen-bond donors (Lipinski definition) is 1. The first kappa shape index (κ1) is 78.5. The quantitative estimate of drug-likeness (QED) is 0.0212. The minimum atomic E-state index is -4.71. The number of nitrogens with one attached hydrogen (secondary N) is 1. The second-order valence-electron chi connectivity index (χ2n) is 24.3. The van der Waals surface area contributed by atoms with Gasteiger partial charge in [-0.3, -0.25) is 14.2 Å². The Labute approximate surface area is 502 Å². The number of likely N-dealkylation sites (N-methyl/N-ethyl adjacent to an activating group) is 1. The lowest BCUT2D eigenvalue weighted by Crippen LogP contribution is -2.47. The molecule has 10 heteroatoms. The second kappa shape index (κ2) is 60.6. The molecule has 3 atom stereocenters. The third-order valence-electron chi connectivity index (χ3n) is 15.1. The smallest absolute Gasteiger partial charge is 0.306 e. The second-order valence-corrected chi connectivity index (χ2v) is 25.7. The molecule has 0 aliphatic rings. The van der Waals surface area contributed by atoms with Crippen LogP contribution in [0.4, 0.5) is 0 Å². The van der Waals surface area contributed by atoms with E-state index in [4.69, 9.17) is 13.8 Å². The van der Waals surface area contributed by atoms with Crippen LogP contribution in [-0.2, 0) is 27.9 Å². The zero-order chi connectivity index (χ0) is 59.3. The first-order valence-corrected chi connectivity index (χ1v) is 35.7. The first-order valence-electron chi connectivity index (χ1n) is 34.2. The number of esters is 1. The van der Waals surface area contributed by atoms with Crippen molar-refractivity contribution < 1.29 is 37.3 Å². The van der Waals surface area contributed by atoms with Gasteiger partial charge < -0.3 is 28.5 Å². The minimum absolute atomic E-state index is 0.0261. The number of unbranched alkanes of at least 4 members (excludes halogenated alkanes) is 36. The van der Waals surface area contributed by atoms with Crippen LogP contribution in [-0.4, -0.2) is 69.4 Å². The predicted molar refractivity (Wildman–Crippen MR) is 348 cm³/mol. The highest BCUT2D eigenvalue weighted by Crippen LogP contribution is 2.38. The molecule has 0 aliphatic heterocycles. The van der Waals surface area contributed by atoms with Crippen molar-refractivity contribution in [1.29, 1.82) is 0 Å². The zero-order valence-electron chi connectivity index (χ0n) is 54.0. The summed E-state index contributed by atoms with van der Waals surface area (Å²) >= 11 is 0. The maximum Gasteiger partial charge on any atom is 0.306 e. The van der Waals surface area contributed by atoms with Crippen molar-refractivity contribution >= 4 is 19.7 Å². The van der Waals surface area contributed by atoms with E-state index in [1.807, 2.05) is 33.3 Å². The maximum absolute atomic E-state index is 13.6. The third-order valence-corrected chi connectivity index (χ3v) is 16.1. The van der Waals surface area contributed by atoms with Crippen LogP contribution in [0.15, 0.2) is 72.9 Å². The number of amides is 1. The SMILES string of the molecule is CCCCC/C=C\C/C=C\C/C=C\C/C=C\CCCCCCCCCC(=O)OC(/C=C/CCCCCCCCCCCCC)C(COP(=O)([O-])OCC[N+](C)(C)C)NC(=O)CCCCCCCCCCC/C=C/CCCCCCCC. The molecule has 0 fully saturated rings. The molecule has 0 aromatic carbocycles. The molecule has 0 radical (unpaired) electrons. The highest BCUT2D eigenvalue weighted by molar-refractivity contribution is 7.45. The van der Waals surface area contributed by atoms with E-state index in [9.17, 15) is 19.0 Å². The molecule has 0 aromatic heterocycles. The van der Waals surface area contributed by atoms with Gasteiger partial charge in [-0.1, -0.05) is 274 Å². The Balaban J connectivity index is 5.20. The Bertz CT molecular complexity index is 1620.